The number of carbonyl (C=O) groups excluding carboxylic acids is 4. The molecule has 2 aliphatic heterocycles. The van der Waals surface area contributed by atoms with Crippen molar-refractivity contribution in [1.29, 1.82) is 0 Å². The number of aliphatic carboxylic acids is 1. The molecule has 0 aromatic carbocycles. The van der Waals surface area contributed by atoms with Gasteiger partial charge in [0.25, 0.3) is 11.8 Å². The van der Waals surface area contributed by atoms with Gasteiger partial charge in [0.05, 0.1) is 17.9 Å². The number of carboxylic acid groups (broad SMARTS) is 1. The number of thioether (sulfide) groups is 1. The molecule has 3 amide bonds. The topological polar surface area (TPSA) is 226 Å². The summed E-state index contributed by atoms with van der Waals surface area (Å²) in [7, 11) is -4.20. The molecule has 36 heavy (non-hydrogen) atoms. The van der Waals surface area contributed by atoms with Crippen LogP contribution in [0.25, 0.3) is 0 Å². The van der Waals surface area contributed by atoms with Gasteiger partial charge in [-0.15, -0.1) is 11.8 Å². The number of carboxylic acids is 1. The predicted molar refractivity (Wildman–Crippen MR) is 101 cm³/mol. The number of ether oxygens (including phenoxy) is 1. The molecule has 0 radical (unpaired) electrons. The van der Waals surface area contributed by atoms with Crippen LogP contribution < -0.4 is 114 Å². The van der Waals surface area contributed by atoms with E-state index in [-0.39, 0.29) is 111 Å². The fourth-order valence-corrected chi connectivity index (χ4v) is 4.61. The fourth-order valence-electron chi connectivity index (χ4n) is 2.99. The first-order chi connectivity index (χ1) is 15.5. The number of hydrogen-bond acceptors (Lipinski definition) is 13. The Hall–Kier alpha value is -0.330. The Morgan fingerprint density at radius 2 is 1.97 bits per heavy atom. The Morgan fingerprint density at radius 1 is 1.31 bits per heavy atom. The zero-order valence-electron chi connectivity index (χ0n) is 19.5. The smallest absolute Gasteiger partial charge is 0.795 e. The molecule has 0 unspecified atom stereocenters. The maximum atomic E-state index is 12.6. The van der Waals surface area contributed by atoms with Crippen LogP contribution in [-0.4, -0.2) is 65.4 Å². The van der Waals surface area contributed by atoms with Gasteiger partial charge in [0.1, 0.15) is 25.1 Å². The molecule has 1 fully saturated rings. The number of hydrogen-bond donors (Lipinski definition) is 2. The van der Waals surface area contributed by atoms with Crippen LogP contribution in [0, 0.1) is 0 Å². The van der Waals surface area contributed by atoms with Crippen LogP contribution in [0.5, 0.6) is 0 Å². The average molecular weight is 570 g/mol. The van der Waals surface area contributed by atoms with Gasteiger partial charge in [-0.25, -0.2) is 4.79 Å². The molecule has 0 spiro atoms. The maximum Gasteiger partial charge on any atom is 1.00 e. The number of rotatable bonds is 8. The zero-order chi connectivity index (χ0) is 24.3. The summed E-state index contributed by atoms with van der Waals surface area (Å²) < 4.78 is 20.2. The van der Waals surface area contributed by atoms with E-state index in [0.29, 0.717) is 0 Å². The molecule has 0 bridgehead atoms. The first-order valence-corrected chi connectivity index (χ1v) is 11.4. The molecule has 3 heterocycles. The van der Waals surface area contributed by atoms with Crippen molar-refractivity contribution in [3.63, 3.8) is 0 Å². The van der Waals surface area contributed by atoms with E-state index >= 15 is 0 Å². The number of nitrogens with zero attached hydrogens (tertiary/aromatic N) is 2. The molecule has 2 atom stereocenters. The molecule has 2 N–H and O–H groups in total. The summed E-state index contributed by atoms with van der Waals surface area (Å²) in [5.41, 5.74) is -0.918. The maximum absolute atomic E-state index is 12.6. The van der Waals surface area contributed by atoms with Crippen LogP contribution in [0.15, 0.2) is 39.2 Å². The number of nitrogens with one attached hydrogen (secondary N) is 2. The molecule has 1 aromatic heterocycles. The first kappa shape index (κ1) is 35.7. The van der Waals surface area contributed by atoms with Crippen LogP contribution in [0.2, 0.25) is 0 Å². The van der Waals surface area contributed by atoms with Gasteiger partial charge in [0.15, 0.2) is 5.76 Å². The second-order valence-corrected chi connectivity index (χ2v) is 8.71. The summed E-state index contributed by atoms with van der Waals surface area (Å²) in [6.07, 6.45) is -0.307. The number of fused-ring (bicyclic) bond motifs is 1. The monoisotopic (exact) mass is 570 g/mol. The molecule has 2 aliphatic rings. The third-order valence-electron chi connectivity index (χ3n) is 4.29. The minimum absolute atomic E-state index is 0. The van der Waals surface area contributed by atoms with E-state index < -0.39 is 55.3 Å². The van der Waals surface area contributed by atoms with Crippen molar-refractivity contribution in [3.8, 4) is 0 Å². The Bertz CT molecular complexity index is 1100. The van der Waals surface area contributed by atoms with Crippen LogP contribution in [0.1, 0.15) is 5.76 Å². The summed E-state index contributed by atoms with van der Waals surface area (Å²) in [5.74, 6) is -3.35. The molecule has 3 rings (SSSR count). The van der Waals surface area contributed by atoms with Gasteiger partial charge in [-0.05, 0) is 12.1 Å². The summed E-state index contributed by atoms with van der Waals surface area (Å²) in [6, 6.07) is 1.83. The van der Waals surface area contributed by atoms with Crippen molar-refractivity contribution in [3.05, 3.63) is 35.4 Å². The summed E-state index contributed by atoms with van der Waals surface area (Å²) in [6.45, 7) is -0.723. The van der Waals surface area contributed by atoms with Gasteiger partial charge < -0.3 is 43.6 Å². The fraction of sp³-hybridized carbons (Fsp3) is 0.312. The van der Waals surface area contributed by atoms with Crippen LogP contribution in [0.3, 0.4) is 0 Å². The Balaban J connectivity index is 0.00000408. The molecule has 178 valence electrons. The van der Waals surface area contributed by atoms with Crippen LogP contribution >= 0.6 is 19.5 Å². The summed E-state index contributed by atoms with van der Waals surface area (Å²) in [4.78, 5) is 74.7. The van der Waals surface area contributed by atoms with Crippen molar-refractivity contribution in [2.45, 2.75) is 11.4 Å². The normalized spacial score (nSPS) is 18.8. The molecule has 0 aliphatic carbocycles. The van der Waals surface area contributed by atoms with Gasteiger partial charge in [0.2, 0.25) is 5.71 Å². The van der Waals surface area contributed by atoms with E-state index in [0.717, 1.165) is 21.7 Å². The first-order valence-electron chi connectivity index (χ1n) is 8.84. The standard InChI is InChI=1S/C16H17N4O11PS.3Na/c1-29-18-9(8-3-2-4-30-8)12(21)17-10-13(22)20-11(15(23)24)7(6-33-14(10)20)5-31-16(25)19-32(26,27)28;;;/h2-4,10,14H,5-6H2,1H3,(H,17,21)(H,23,24)(H3,19,25,26,27,28);;;/q;3*+1/p-3/b18-9-;;;/t10-,14-;;;/m1.../s1. The number of oxime groups is 1. The van der Waals surface area contributed by atoms with E-state index in [4.69, 9.17) is 4.42 Å². The van der Waals surface area contributed by atoms with Crippen molar-refractivity contribution in [1.82, 2.24) is 15.3 Å². The van der Waals surface area contributed by atoms with E-state index in [1.165, 1.54) is 25.5 Å². The van der Waals surface area contributed by atoms with E-state index in [2.05, 4.69) is 20.0 Å². The van der Waals surface area contributed by atoms with Gasteiger partial charge in [0, 0.05) is 19.1 Å². The minimum atomic E-state index is -5.40. The SMILES string of the molecule is CO/N=C(\C(=O)N[C@@H]1C(=O)N2C(C(=O)[O-])=C(COC(=O)NP(=O)([O-])[O-])CS[C@H]12)c1ccco1.[Na+].[Na+].[Na+]. The molecule has 0 saturated carbocycles. The summed E-state index contributed by atoms with van der Waals surface area (Å²) >= 11 is 1.04. The molecule has 1 saturated heterocycles. The summed E-state index contributed by atoms with van der Waals surface area (Å²) in [5, 5.41) is 17.9. The Kier molecular flexibility index (Phi) is 15.2. The molecule has 15 nitrogen and oxygen atoms in total. The average Bonchev–Trinajstić information content (AvgIpc) is 3.26. The zero-order valence-corrected chi connectivity index (χ0v) is 27.3. The van der Waals surface area contributed by atoms with Crippen molar-refractivity contribution in [2.75, 3.05) is 19.5 Å². The number of furan rings is 1. The molecule has 20 heteroatoms. The van der Waals surface area contributed by atoms with Crippen LogP contribution in [-0.2, 0) is 28.5 Å². The number of amides is 3. The van der Waals surface area contributed by atoms with E-state index in [1.807, 2.05) is 0 Å². The van der Waals surface area contributed by atoms with Crippen molar-refractivity contribution >= 4 is 49.1 Å². The second-order valence-electron chi connectivity index (χ2n) is 6.39. The van der Waals surface area contributed by atoms with E-state index in [9.17, 15) is 38.6 Å². The van der Waals surface area contributed by atoms with Crippen LogP contribution in [0.4, 0.5) is 4.79 Å². The van der Waals surface area contributed by atoms with Gasteiger partial charge in [-0.2, -0.15) is 0 Å². The second kappa shape index (κ2) is 15.3. The number of β-lactam (4-membered cyclic amide) rings is 1. The van der Waals surface area contributed by atoms with Gasteiger partial charge in [-0.3, -0.25) is 19.6 Å². The van der Waals surface area contributed by atoms with Gasteiger partial charge in [-0.1, -0.05) is 5.16 Å². The third kappa shape index (κ3) is 8.59. The van der Waals surface area contributed by atoms with Crippen molar-refractivity contribution < 1.29 is 141 Å². The number of carbonyl (C=O) groups is 4. The predicted octanol–water partition coefficient (Wildman–Crippen LogP) is -12.4. The Morgan fingerprint density at radius 3 is 2.50 bits per heavy atom. The molecule has 1 aromatic rings. The largest absolute Gasteiger partial charge is 1.00 e. The quantitative estimate of drug-likeness (QED) is 0.0977. The third-order valence-corrected chi connectivity index (χ3v) is 6.08. The van der Waals surface area contributed by atoms with Gasteiger partial charge >= 0.3 is 94.8 Å². The molecular formula is C16H14N4Na3O11PS. The van der Waals surface area contributed by atoms with E-state index in [1.54, 1.807) is 0 Å². The Labute approximate surface area is 274 Å². The minimum Gasteiger partial charge on any atom is -0.795 e. The van der Waals surface area contributed by atoms with Crippen molar-refractivity contribution in [2.24, 2.45) is 5.16 Å². The molecular weight excluding hydrogens is 556 g/mol.